The molecule has 2 atom stereocenters. The molecule has 0 amide bonds. The summed E-state index contributed by atoms with van der Waals surface area (Å²) in [6, 6.07) is 6.78. The number of aryl methyl sites for hydroxylation is 1. The number of para-hydroxylation sites is 1. The smallest absolute Gasteiger partial charge is 0.0775 e. The van der Waals surface area contributed by atoms with Crippen LogP contribution < -0.4 is 10.6 Å². The Hall–Kier alpha value is -0.730. The summed E-state index contributed by atoms with van der Waals surface area (Å²) in [4.78, 5) is 2.33. The summed E-state index contributed by atoms with van der Waals surface area (Å²) in [6.07, 6.45) is 4.83. The van der Waals surface area contributed by atoms with Gasteiger partial charge in [0.1, 0.15) is 0 Å². The van der Waals surface area contributed by atoms with Gasteiger partial charge in [-0.15, -0.1) is 0 Å². The summed E-state index contributed by atoms with van der Waals surface area (Å²) in [7, 11) is 0. The molecule has 0 spiro atoms. The maximum absolute atomic E-state index is 6.28. The van der Waals surface area contributed by atoms with E-state index in [9.17, 15) is 0 Å². The monoisotopic (exact) mass is 222 g/mol. The Bertz CT molecular complexity index is 391. The lowest BCUT2D eigenvalue weighted by atomic mass is 9.96. The maximum Gasteiger partial charge on any atom is 0.0775 e. The topological polar surface area (TPSA) is 29.3 Å². The van der Waals surface area contributed by atoms with Gasteiger partial charge in [0.25, 0.3) is 0 Å². The van der Waals surface area contributed by atoms with Crippen LogP contribution in [-0.2, 0) is 6.42 Å². The number of fused-ring (bicyclic) bond motifs is 3. The fourth-order valence-corrected chi connectivity index (χ4v) is 3.21. The number of halogens is 1. The Morgan fingerprint density at radius 3 is 3.00 bits per heavy atom. The first-order chi connectivity index (χ1) is 7.27. The number of hydrogen-bond donors (Lipinski definition) is 1. The highest BCUT2D eigenvalue weighted by molar-refractivity contribution is 6.33. The van der Waals surface area contributed by atoms with Crippen LogP contribution in [0.5, 0.6) is 0 Å². The van der Waals surface area contributed by atoms with Crippen molar-refractivity contribution in [1.29, 1.82) is 0 Å². The average Bonchev–Trinajstić information content (AvgIpc) is 2.61. The lowest BCUT2D eigenvalue weighted by Crippen LogP contribution is -2.44. The van der Waals surface area contributed by atoms with Crippen molar-refractivity contribution in [3.05, 3.63) is 28.8 Å². The van der Waals surface area contributed by atoms with Crippen molar-refractivity contribution < 1.29 is 0 Å². The van der Waals surface area contributed by atoms with Crippen LogP contribution in [0.25, 0.3) is 0 Å². The van der Waals surface area contributed by atoms with Crippen LogP contribution in [0.3, 0.4) is 0 Å². The second-order valence-corrected chi connectivity index (χ2v) is 4.90. The van der Waals surface area contributed by atoms with E-state index >= 15 is 0 Å². The predicted octanol–water partition coefficient (Wildman–Crippen LogP) is 2.54. The molecule has 2 nitrogen and oxygen atoms in total. The van der Waals surface area contributed by atoms with Crippen LogP contribution in [0.2, 0.25) is 5.02 Å². The van der Waals surface area contributed by atoms with E-state index in [2.05, 4.69) is 11.0 Å². The van der Waals surface area contributed by atoms with Gasteiger partial charge in [-0.05, 0) is 37.3 Å². The third-order valence-electron chi connectivity index (χ3n) is 3.62. The van der Waals surface area contributed by atoms with E-state index in [0.29, 0.717) is 6.04 Å². The van der Waals surface area contributed by atoms with E-state index in [0.717, 1.165) is 17.9 Å². The van der Waals surface area contributed by atoms with Crippen LogP contribution in [-0.4, -0.2) is 12.2 Å². The molecule has 0 radical (unpaired) electrons. The fourth-order valence-electron chi connectivity index (χ4n) is 2.92. The van der Waals surface area contributed by atoms with E-state index in [1.54, 1.807) is 0 Å². The van der Waals surface area contributed by atoms with Crippen molar-refractivity contribution in [2.45, 2.75) is 37.9 Å². The van der Waals surface area contributed by atoms with Gasteiger partial charge in [0.05, 0.1) is 16.9 Å². The van der Waals surface area contributed by atoms with Gasteiger partial charge >= 0.3 is 0 Å². The minimum absolute atomic E-state index is 0.161. The highest BCUT2D eigenvalue weighted by Crippen LogP contribution is 2.41. The largest absolute Gasteiger partial charge is 0.352 e. The molecule has 2 heterocycles. The number of hydrogen-bond acceptors (Lipinski definition) is 2. The van der Waals surface area contributed by atoms with Crippen molar-refractivity contribution in [3.8, 4) is 0 Å². The second kappa shape index (κ2) is 3.39. The molecule has 0 aromatic heterocycles. The summed E-state index contributed by atoms with van der Waals surface area (Å²) >= 11 is 6.28. The Labute approximate surface area is 95.0 Å². The molecular formula is C12H15ClN2. The SMILES string of the molecule is NC1CCC2CCc3cccc(Cl)c3N12. The van der Waals surface area contributed by atoms with Crippen LogP contribution in [0, 0.1) is 0 Å². The van der Waals surface area contributed by atoms with Gasteiger partial charge in [-0.3, -0.25) is 0 Å². The number of nitrogens with zero attached hydrogens (tertiary/aromatic N) is 1. The fraction of sp³-hybridized carbons (Fsp3) is 0.500. The lowest BCUT2D eigenvalue weighted by molar-refractivity contribution is 0.566. The molecule has 2 aliphatic rings. The van der Waals surface area contributed by atoms with Crippen LogP contribution >= 0.6 is 11.6 Å². The van der Waals surface area contributed by atoms with Gasteiger partial charge in [-0.2, -0.15) is 0 Å². The van der Waals surface area contributed by atoms with Crippen LogP contribution in [0.4, 0.5) is 5.69 Å². The normalized spacial score (nSPS) is 28.8. The Morgan fingerprint density at radius 2 is 2.13 bits per heavy atom. The number of anilines is 1. The molecule has 1 fully saturated rings. The van der Waals surface area contributed by atoms with Gasteiger partial charge in [-0.1, -0.05) is 23.7 Å². The molecule has 2 N–H and O–H groups in total. The lowest BCUT2D eigenvalue weighted by Gasteiger charge is -2.37. The zero-order valence-corrected chi connectivity index (χ0v) is 9.37. The molecule has 3 heteroatoms. The Morgan fingerprint density at radius 1 is 1.27 bits per heavy atom. The first-order valence-electron chi connectivity index (χ1n) is 5.58. The molecule has 0 saturated carbocycles. The van der Waals surface area contributed by atoms with Crippen molar-refractivity contribution in [2.24, 2.45) is 5.73 Å². The Kier molecular flexibility index (Phi) is 2.15. The van der Waals surface area contributed by atoms with Crippen molar-refractivity contribution in [1.82, 2.24) is 0 Å². The second-order valence-electron chi connectivity index (χ2n) is 4.49. The van der Waals surface area contributed by atoms with Gasteiger partial charge in [0.15, 0.2) is 0 Å². The van der Waals surface area contributed by atoms with E-state index < -0.39 is 0 Å². The van der Waals surface area contributed by atoms with Gasteiger partial charge in [0, 0.05) is 6.04 Å². The molecule has 1 saturated heterocycles. The molecule has 1 aromatic rings. The molecule has 80 valence electrons. The van der Waals surface area contributed by atoms with Crippen molar-refractivity contribution in [2.75, 3.05) is 4.90 Å². The van der Waals surface area contributed by atoms with E-state index in [-0.39, 0.29) is 6.17 Å². The predicted molar refractivity (Wildman–Crippen MR) is 63.2 cm³/mol. The molecule has 1 aromatic carbocycles. The molecule has 2 aliphatic heterocycles. The van der Waals surface area contributed by atoms with Crippen LogP contribution in [0.1, 0.15) is 24.8 Å². The first kappa shape index (κ1) is 9.49. The molecule has 3 rings (SSSR count). The first-order valence-corrected chi connectivity index (χ1v) is 5.96. The zero-order chi connectivity index (χ0) is 10.4. The highest BCUT2D eigenvalue weighted by atomic mass is 35.5. The van der Waals surface area contributed by atoms with E-state index in [1.807, 2.05) is 12.1 Å². The summed E-state index contributed by atoms with van der Waals surface area (Å²) in [5.41, 5.74) is 8.69. The third kappa shape index (κ3) is 1.35. The third-order valence-corrected chi connectivity index (χ3v) is 3.93. The minimum atomic E-state index is 0.161. The Balaban J connectivity index is 2.12. The summed E-state index contributed by atoms with van der Waals surface area (Å²) in [5.74, 6) is 0. The maximum atomic E-state index is 6.28. The summed E-state index contributed by atoms with van der Waals surface area (Å²) < 4.78 is 0. The molecular weight excluding hydrogens is 208 g/mol. The van der Waals surface area contributed by atoms with Gasteiger partial charge in [-0.25, -0.2) is 0 Å². The number of benzene rings is 1. The summed E-state index contributed by atoms with van der Waals surface area (Å²) in [5, 5.41) is 0.856. The molecule has 0 aliphatic carbocycles. The standard InChI is InChI=1S/C12H15ClN2/c13-10-3-1-2-8-4-5-9-6-7-11(14)15(9)12(8)10/h1-3,9,11H,4-7,14H2. The minimum Gasteiger partial charge on any atom is -0.352 e. The summed E-state index contributed by atoms with van der Waals surface area (Å²) in [6.45, 7) is 0. The number of nitrogens with two attached hydrogens (primary N) is 1. The zero-order valence-electron chi connectivity index (χ0n) is 8.62. The van der Waals surface area contributed by atoms with E-state index in [4.69, 9.17) is 17.3 Å². The van der Waals surface area contributed by atoms with Crippen molar-refractivity contribution in [3.63, 3.8) is 0 Å². The quantitative estimate of drug-likeness (QED) is 0.731. The number of rotatable bonds is 0. The molecule has 2 unspecified atom stereocenters. The highest BCUT2D eigenvalue weighted by Gasteiger charge is 2.36. The van der Waals surface area contributed by atoms with Gasteiger partial charge in [0.2, 0.25) is 0 Å². The van der Waals surface area contributed by atoms with Crippen molar-refractivity contribution >= 4 is 17.3 Å². The van der Waals surface area contributed by atoms with Crippen LogP contribution in [0.15, 0.2) is 18.2 Å². The van der Waals surface area contributed by atoms with E-state index in [1.165, 1.54) is 24.1 Å². The van der Waals surface area contributed by atoms with Gasteiger partial charge < -0.3 is 10.6 Å². The molecule has 0 bridgehead atoms. The molecule has 15 heavy (non-hydrogen) atoms. The average molecular weight is 223 g/mol.